The molecule has 0 atom stereocenters. The van der Waals surface area contributed by atoms with Crippen LogP contribution in [0.25, 0.3) is 0 Å². The Labute approximate surface area is 118 Å². The van der Waals surface area contributed by atoms with Crippen molar-refractivity contribution >= 4 is 11.8 Å². The lowest BCUT2D eigenvalue weighted by Gasteiger charge is -2.05. The first kappa shape index (κ1) is 12.9. The Balaban J connectivity index is 1.82. The van der Waals surface area contributed by atoms with Gasteiger partial charge in [-0.05, 0) is 36.6 Å². The van der Waals surface area contributed by atoms with Gasteiger partial charge in [0, 0.05) is 11.8 Å². The highest BCUT2D eigenvalue weighted by atomic mass is 32.2. The zero-order chi connectivity index (χ0) is 14.1. The third-order valence-corrected chi connectivity index (χ3v) is 4.13. The molecule has 1 fully saturated rings. The van der Waals surface area contributed by atoms with E-state index in [1.165, 1.54) is 30.0 Å². The van der Waals surface area contributed by atoms with Gasteiger partial charge in [-0.2, -0.15) is 5.26 Å². The third-order valence-electron chi connectivity index (χ3n) is 3.13. The van der Waals surface area contributed by atoms with E-state index in [-0.39, 0.29) is 17.5 Å². The predicted octanol–water partition coefficient (Wildman–Crippen LogP) is 2.21. The summed E-state index contributed by atoms with van der Waals surface area (Å²) in [5, 5.41) is 16.0. The molecule has 7 heteroatoms. The van der Waals surface area contributed by atoms with Crippen LogP contribution in [0.2, 0.25) is 0 Å². The van der Waals surface area contributed by atoms with Crippen LogP contribution in [-0.4, -0.2) is 14.8 Å². The first-order chi connectivity index (χ1) is 9.69. The van der Waals surface area contributed by atoms with Gasteiger partial charge in [-0.25, -0.2) is 14.3 Å². The summed E-state index contributed by atoms with van der Waals surface area (Å²) in [4.78, 5) is 11.6. The number of nitriles is 1. The lowest BCUT2D eigenvalue weighted by atomic mass is 10.1. The van der Waals surface area contributed by atoms with E-state index in [0.717, 1.165) is 12.8 Å². The lowest BCUT2D eigenvalue weighted by molar-refractivity contribution is 0.626. The average Bonchev–Trinajstić information content (AvgIpc) is 3.20. The molecule has 0 bridgehead atoms. The van der Waals surface area contributed by atoms with Crippen LogP contribution in [0, 0.1) is 17.1 Å². The maximum atomic E-state index is 13.2. The van der Waals surface area contributed by atoms with Gasteiger partial charge in [0.2, 0.25) is 0 Å². The number of hydrogen-bond donors (Lipinski definition) is 1. The number of aromatic nitrogens is 3. The smallest absolute Gasteiger partial charge is 0.267 e. The highest BCUT2D eigenvalue weighted by Gasteiger charge is 2.28. The normalized spacial score (nSPS) is 14.2. The van der Waals surface area contributed by atoms with Crippen molar-refractivity contribution in [2.24, 2.45) is 0 Å². The van der Waals surface area contributed by atoms with Gasteiger partial charge in [0.15, 0.2) is 5.16 Å². The Morgan fingerprint density at radius 3 is 3.05 bits per heavy atom. The molecule has 1 aliphatic carbocycles. The van der Waals surface area contributed by atoms with Crippen molar-refractivity contribution in [3.8, 4) is 6.07 Å². The second kappa shape index (κ2) is 5.13. The van der Waals surface area contributed by atoms with Crippen molar-refractivity contribution < 1.29 is 4.39 Å². The average molecular weight is 290 g/mol. The molecule has 0 unspecified atom stereocenters. The fourth-order valence-electron chi connectivity index (χ4n) is 1.98. The van der Waals surface area contributed by atoms with Crippen LogP contribution in [0.1, 0.15) is 30.0 Å². The van der Waals surface area contributed by atoms with E-state index in [2.05, 4.69) is 10.2 Å². The first-order valence-electron chi connectivity index (χ1n) is 6.17. The third kappa shape index (κ3) is 2.47. The quantitative estimate of drug-likeness (QED) is 0.876. The molecule has 0 radical (unpaired) electrons. The molecule has 0 aliphatic heterocycles. The lowest BCUT2D eigenvalue weighted by Crippen LogP contribution is -2.16. The van der Waals surface area contributed by atoms with Gasteiger partial charge in [-0.3, -0.25) is 4.57 Å². The number of H-pyrrole nitrogens is 1. The molecule has 0 saturated heterocycles. The molecule has 3 rings (SSSR count). The standard InChI is InChI=1S/C13H11FN4OS/c14-10-2-1-8(6-15)9(5-10)7-20-13-17-16-12(19)18(13)11-3-4-11/h1-2,5,11H,3-4,7H2,(H,16,19). The number of halogens is 1. The summed E-state index contributed by atoms with van der Waals surface area (Å²) in [5.41, 5.74) is 0.833. The number of nitrogens with zero attached hydrogens (tertiary/aromatic N) is 3. The van der Waals surface area contributed by atoms with Crippen molar-refractivity contribution in [3.63, 3.8) is 0 Å². The summed E-state index contributed by atoms with van der Waals surface area (Å²) >= 11 is 1.33. The van der Waals surface area contributed by atoms with E-state index in [9.17, 15) is 9.18 Å². The second-order valence-corrected chi connectivity index (χ2v) is 5.56. The minimum Gasteiger partial charge on any atom is -0.267 e. The minimum atomic E-state index is -0.374. The molecular weight excluding hydrogens is 279 g/mol. The Hall–Kier alpha value is -2.07. The Morgan fingerprint density at radius 2 is 2.35 bits per heavy atom. The van der Waals surface area contributed by atoms with Crippen LogP contribution < -0.4 is 5.69 Å². The molecule has 1 aromatic heterocycles. The molecule has 5 nitrogen and oxygen atoms in total. The number of aromatic amines is 1. The van der Waals surface area contributed by atoms with Crippen LogP contribution in [0.5, 0.6) is 0 Å². The Kier molecular flexibility index (Phi) is 3.32. The number of rotatable bonds is 4. The van der Waals surface area contributed by atoms with Gasteiger partial charge in [0.1, 0.15) is 5.82 Å². The van der Waals surface area contributed by atoms with Crippen LogP contribution in [0.3, 0.4) is 0 Å². The molecule has 0 amide bonds. The molecule has 1 heterocycles. The van der Waals surface area contributed by atoms with Gasteiger partial charge in [0.25, 0.3) is 0 Å². The van der Waals surface area contributed by atoms with Crippen LogP contribution >= 0.6 is 11.8 Å². The van der Waals surface area contributed by atoms with Gasteiger partial charge >= 0.3 is 5.69 Å². The molecular formula is C13H11FN4OS. The molecule has 1 N–H and O–H groups in total. The second-order valence-electron chi connectivity index (χ2n) is 4.61. The molecule has 0 spiro atoms. The molecule has 1 saturated carbocycles. The van der Waals surface area contributed by atoms with Gasteiger partial charge in [0.05, 0.1) is 11.6 Å². The zero-order valence-corrected chi connectivity index (χ0v) is 11.3. The summed E-state index contributed by atoms with van der Waals surface area (Å²) in [7, 11) is 0. The maximum Gasteiger partial charge on any atom is 0.344 e. The fraction of sp³-hybridized carbons (Fsp3) is 0.308. The van der Waals surface area contributed by atoms with E-state index < -0.39 is 0 Å². The van der Waals surface area contributed by atoms with Crippen molar-refractivity contribution in [1.82, 2.24) is 14.8 Å². The van der Waals surface area contributed by atoms with Gasteiger partial charge < -0.3 is 0 Å². The predicted molar refractivity (Wildman–Crippen MR) is 71.8 cm³/mol. The van der Waals surface area contributed by atoms with Crippen LogP contribution in [-0.2, 0) is 5.75 Å². The Bertz CT molecular complexity index is 742. The van der Waals surface area contributed by atoms with E-state index in [1.807, 2.05) is 6.07 Å². The highest BCUT2D eigenvalue weighted by molar-refractivity contribution is 7.98. The Morgan fingerprint density at radius 1 is 1.55 bits per heavy atom. The van der Waals surface area contributed by atoms with E-state index in [4.69, 9.17) is 5.26 Å². The number of thioether (sulfide) groups is 1. The molecule has 1 aromatic carbocycles. The van der Waals surface area contributed by atoms with Crippen molar-refractivity contribution in [2.75, 3.05) is 0 Å². The monoisotopic (exact) mass is 290 g/mol. The van der Waals surface area contributed by atoms with Crippen LogP contribution in [0.15, 0.2) is 28.2 Å². The van der Waals surface area contributed by atoms with Gasteiger partial charge in [-0.1, -0.05) is 11.8 Å². The minimum absolute atomic E-state index is 0.213. The van der Waals surface area contributed by atoms with Crippen molar-refractivity contribution in [2.45, 2.75) is 29.8 Å². The van der Waals surface area contributed by atoms with E-state index in [1.54, 1.807) is 4.57 Å². The van der Waals surface area contributed by atoms with Crippen molar-refractivity contribution in [3.05, 3.63) is 45.6 Å². The maximum absolute atomic E-state index is 13.2. The fourth-order valence-corrected chi connectivity index (χ4v) is 2.98. The van der Waals surface area contributed by atoms with Crippen LogP contribution in [0.4, 0.5) is 4.39 Å². The molecule has 20 heavy (non-hydrogen) atoms. The summed E-state index contributed by atoms with van der Waals surface area (Å²) < 4.78 is 14.9. The summed E-state index contributed by atoms with van der Waals surface area (Å²) in [6.07, 6.45) is 1.97. The first-order valence-corrected chi connectivity index (χ1v) is 7.16. The number of benzene rings is 1. The van der Waals surface area contributed by atoms with E-state index >= 15 is 0 Å². The molecule has 1 aliphatic rings. The SMILES string of the molecule is N#Cc1ccc(F)cc1CSc1n[nH]c(=O)n1C1CC1. The molecule has 2 aromatic rings. The largest absolute Gasteiger partial charge is 0.344 e. The molecule has 102 valence electrons. The van der Waals surface area contributed by atoms with E-state index in [0.29, 0.717) is 22.0 Å². The topological polar surface area (TPSA) is 74.5 Å². The number of hydrogen-bond acceptors (Lipinski definition) is 4. The number of nitrogens with one attached hydrogen (secondary N) is 1. The summed E-state index contributed by atoms with van der Waals surface area (Å²) in [5.74, 6) is 0.0266. The highest BCUT2D eigenvalue weighted by Crippen LogP contribution is 2.36. The summed E-state index contributed by atoms with van der Waals surface area (Å²) in [6, 6.07) is 6.34. The summed E-state index contributed by atoms with van der Waals surface area (Å²) in [6.45, 7) is 0. The zero-order valence-electron chi connectivity index (χ0n) is 10.5. The van der Waals surface area contributed by atoms with Crippen molar-refractivity contribution in [1.29, 1.82) is 5.26 Å². The van der Waals surface area contributed by atoms with Gasteiger partial charge in [-0.15, -0.1) is 5.10 Å².